The van der Waals surface area contributed by atoms with E-state index in [2.05, 4.69) is 45.6 Å². The van der Waals surface area contributed by atoms with Crippen LogP contribution in [0.1, 0.15) is 105 Å². The van der Waals surface area contributed by atoms with E-state index >= 15 is 0 Å². The van der Waals surface area contributed by atoms with E-state index in [-0.39, 0.29) is 59.1 Å². The highest BCUT2D eigenvalue weighted by Crippen LogP contribution is 2.54. The number of hydrogen-bond acceptors (Lipinski definition) is 20. The second-order valence-corrected chi connectivity index (χ2v) is 29.1. The van der Waals surface area contributed by atoms with Crippen LogP contribution >= 0.6 is 0 Å². The Labute approximate surface area is 550 Å². The van der Waals surface area contributed by atoms with Gasteiger partial charge in [0.1, 0.15) is 28.9 Å². The summed E-state index contributed by atoms with van der Waals surface area (Å²) in [6, 6.07) is 21.2. The molecule has 0 unspecified atom stereocenters. The van der Waals surface area contributed by atoms with Crippen molar-refractivity contribution in [3.05, 3.63) is 118 Å². The van der Waals surface area contributed by atoms with Gasteiger partial charge in [-0.1, -0.05) is 18.2 Å². The van der Waals surface area contributed by atoms with Crippen LogP contribution in [0.15, 0.2) is 96.2 Å². The lowest BCUT2D eigenvalue weighted by molar-refractivity contribution is -0.384. The number of pyridine rings is 2. The summed E-state index contributed by atoms with van der Waals surface area (Å²) in [5, 5.41) is 26.9. The van der Waals surface area contributed by atoms with Gasteiger partial charge in [-0.2, -0.15) is 4.98 Å². The minimum absolute atomic E-state index is 0.00897. The fraction of sp³-hybridized carbons (Fsp3) is 0.544. The molecule has 4 N–H and O–H groups in total. The molecule has 23 nitrogen and oxygen atoms in total. The summed E-state index contributed by atoms with van der Waals surface area (Å²) in [7, 11) is -3.03. The molecule has 0 radical (unpaired) electrons. The standard InChI is InChI=1S/C68H83F3N12O11S/c1-66(85)17-11-44(12-18-66)39-73-53-10-8-50(36-56(53)83(86)87)95(88,89)76-64(84)52-9-7-48(35-55(52)82-54-16-30-92-43-61(54)93-65-57(82)34-46-13-21-72-62(46)75-65)78-24-19-67(20-25-78)37-49(38-67)81-27-26-80(42-58(81)51-5-3-4-6-59(51)94-68(69,70)71)47-14-22-77(23-15-47)41-45-33-60(90-2)63(74-40-45)79-28-31-91-32-29-79/h3-10,13,21,33-36,40,44,47,49,54,58,61,73,85H,11-12,14-20,22-32,37-39,41-43H2,1-2H3,(H,72,75)(H,76,84)/t44?,54-,58-,61-,66?/m0/s1. The number of nitro benzene ring substituents is 1. The second-order valence-electron chi connectivity index (χ2n) is 27.4. The number of likely N-dealkylation sites (tertiary alicyclic amines) is 1. The molecule has 27 heteroatoms. The Morgan fingerprint density at radius 3 is 2.39 bits per heavy atom. The Morgan fingerprint density at radius 1 is 0.853 bits per heavy atom. The Morgan fingerprint density at radius 2 is 1.63 bits per heavy atom. The number of piperidine rings is 2. The fourth-order valence-corrected chi connectivity index (χ4v) is 17.1. The van der Waals surface area contributed by atoms with E-state index < -0.39 is 49.5 Å². The third-order valence-corrected chi connectivity index (χ3v) is 22.7. The predicted octanol–water partition coefficient (Wildman–Crippen LogP) is 9.54. The van der Waals surface area contributed by atoms with E-state index in [0.717, 1.165) is 125 Å². The molecule has 3 aromatic carbocycles. The highest BCUT2D eigenvalue weighted by molar-refractivity contribution is 7.90. The molecule has 14 rings (SSSR count). The van der Waals surface area contributed by atoms with Crippen molar-refractivity contribution in [3.8, 4) is 17.4 Å². The van der Waals surface area contributed by atoms with Crippen molar-refractivity contribution in [1.29, 1.82) is 0 Å². The van der Waals surface area contributed by atoms with Crippen molar-refractivity contribution in [1.82, 2.24) is 34.4 Å². The number of aliphatic hydroxyl groups is 1. The number of hydrogen-bond donors (Lipinski definition) is 4. The lowest BCUT2D eigenvalue weighted by Gasteiger charge is -2.59. The number of anilines is 5. The number of amides is 1. The number of aromatic amines is 1. The van der Waals surface area contributed by atoms with E-state index in [9.17, 15) is 41.6 Å². The first-order valence-electron chi connectivity index (χ1n) is 33.4. The van der Waals surface area contributed by atoms with E-state index in [4.69, 9.17) is 33.7 Å². The van der Waals surface area contributed by atoms with Crippen LogP contribution in [0, 0.1) is 21.4 Å². The highest BCUT2D eigenvalue weighted by atomic mass is 32.2. The molecule has 3 atom stereocenters. The number of nitrogens with one attached hydrogen (secondary N) is 3. The molecular formula is C68H83F3N12O11S. The average Bonchev–Trinajstić information content (AvgIpc) is 1.37. The number of carbonyl (C=O) groups excluding carboxylic acids is 1. The molecule has 7 fully saturated rings. The first-order chi connectivity index (χ1) is 45.7. The van der Waals surface area contributed by atoms with Gasteiger partial charge >= 0.3 is 6.36 Å². The number of alkyl halides is 3. The number of para-hydroxylation sites is 1. The number of ether oxygens (including phenoxy) is 5. The highest BCUT2D eigenvalue weighted by Gasteiger charge is 2.51. The Hall–Kier alpha value is -7.53. The van der Waals surface area contributed by atoms with Gasteiger partial charge in [-0.25, -0.2) is 18.1 Å². The number of H-pyrrole nitrogens is 1. The van der Waals surface area contributed by atoms with E-state index in [1.165, 1.54) is 18.2 Å². The van der Waals surface area contributed by atoms with E-state index in [0.29, 0.717) is 100 Å². The third-order valence-electron chi connectivity index (χ3n) is 21.4. The second kappa shape index (κ2) is 26.5. The maximum absolute atomic E-state index is 14.9. The predicted molar refractivity (Wildman–Crippen MR) is 350 cm³/mol. The van der Waals surface area contributed by atoms with Gasteiger partial charge in [-0.05, 0) is 162 Å². The molecule has 9 heterocycles. The van der Waals surface area contributed by atoms with Gasteiger partial charge in [0.05, 0.1) is 65.7 Å². The maximum atomic E-state index is 14.9. The topological polar surface area (TPSA) is 246 Å². The van der Waals surface area contributed by atoms with Crippen LogP contribution in [0.4, 0.5) is 47.4 Å². The van der Waals surface area contributed by atoms with Crippen molar-refractivity contribution in [2.24, 2.45) is 11.3 Å². The molecule has 6 aromatic rings. The first-order valence-corrected chi connectivity index (χ1v) is 34.9. The number of fused-ring (bicyclic) bond motifs is 3. The minimum Gasteiger partial charge on any atom is -0.493 e. The summed E-state index contributed by atoms with van der Waals surface area (Å²) >= 11 is 0. The summed E-state index contributed by atoms with van der Waals surface area (Å²) in [6.07, 6.45) is 6.84. The number of nitrogens with zero attached hydrogens (tertiary/aromatic N) is 9. The van der Waals surface area contributed by atoms with E-state index in [1.54, 1.807) is 44.5 Å². The number of halogens is 3. The summed E-state index contributed by atoms with van der Waals surface area (Å²) in [4.78, 5) is 53.0. The normalized spacial score (nSPS) is 24.9. The molecule has 6 aliphatic heterocycles. The quantitative estimate of drug-likeness (QED) is 0.0490. The average molecular weight is 1330 g/mol. The fourth-order valence-electron chi connectivity index (χ4n) is 16.1. The Kier molecular flexibility index (Phi) is 18.1. The molecule has 95 heavy (non-hydrogen) atoms. The molecule has 2 aliphatic carbocycles. The zero-order valence-corrected chi connectivity index (χ0v) is 54.4. The monoisotopic (exact) mass is 1330 g/mol. The number of benzene rings is 3. The van der Waals surface area contributed by atoms with Crippen molar-refractivity contribution in [2.45, 2.75) is 131 Å². The Balaban J connectivity index is 0.681. The van der Waals surface area contributed by atoms with Crippen molar-refractivity contribution in [3.63, 3.8) is 0 Å². The van der Waals surface area contributed by atoms with Crippen LogP contribution in [-0.4, -0.2) is 189 Å². The summed E-state index contributed by atoms with van der Waals surface area (Å²) in [5.74, 6) is 0.938. The van der Waals surface area contributed by atoms with Crippen LogP contribution in [0.5, 0.6) is 17.4 Å². The molecule has 1 spiro atoms. The number of carbonyl (C=O) groups is 1. The maximum Gasteiger partial charge on any atom is 0.573 e. The molecule has 5 saturated heterocycles. The zero-order chi connectivity index (χ0) is 65.8. The van der Waals surface area contributed by atoms with Crippen LogP contribution in [0.2, 0.25) is 0 Å². The molecular weight excluding hydrogens is 1250 g/mol. The number of rotatable bonds is 17. The number of nitro groups is 1. The number of aromatic nitrogens is 3. The SMILES string of the molecule is COc1cc(CN2CCC(N3CCN(C4CC5(CCN(c6ccc(C(=O)NS(=O)(=O)c7ccc(NCC8CCC(C)(O)CC8)c([N+](=O)[O-])c7)c(N7c8cc9cc[nH]c9nc8O[C@H]8COCC[C@@H]87)c6)CC5)C4)[C@H](c4ccccc4OC(F)(F)F)C3)CC2)cnc1N1CCOCC1. The summed E-state index contributed by atoms with van der Waals surface area (Å²) < 4.78 is 102. The molecule has 2 saturated carbocycles. The van der Waals surface area contributed by atoms with Gasteiger partial charge in [-0.15, -0.1) is 13.2 Å². The number of sulfonamides is 1. The number of morpholine rings is 1. The molecule has 3 aromatic heterocycles. The zero-order valence-electron chi connectivity index (χ0n) is 53.6. The Bertz CT molecular complexity index is 3900. The summed E-state index contributed by atoms with van der Waals surface area (Å²) in [5.41, 5.74) is 2.99. The van der Waals surface area contributed by atoms with Crippen LogP contribution < -0.4 is 38.9 Å². The van der Waals surface area contributed by atoms with Gasteiger partial charge in [0.2, 0.25) is 5.88 Å². The van der Waals surface area contributed by atoms with Crippen molar-refractivity contribution in [2.75, 3.05) is 119 Å². The molecule has 0 bridgehead atoms. The number of piperazine rings is 1. The lowest BCUT2D eigenvalue weighted by Crippen LogP contribution is -2.61. The molecule has 8 aliphatic rings. The van der Waals surface area contributed by atoms with Crippen molar-refractivity contribution >= 4 is 61.2 Å². The van der Waals surface area contributed by atoms with Crippen LogP contribution in [0.3, 0.4) is 0 Å². The van der Waals surface area contributed by atoms with Gasteiger partial charge in [0, 0.05) is 113 Å². The van der Waals surface area contributed by atoms with Crippen LogP contribution in [0.25, 0.3) is 11.0 Å². The summed E-state index contributed by atoms with van der Waals surface area (Å²) in [6.45, 7) is 11.6. The third kappa shape index (κ3) is 13.8. The van der Waals surface area contributed by atoms with Crippen LogP contribution in [-0.2, 0) is 26.0 Å². The van der Waals surface area contributed by atoms with Gasteiger partial charge in [-0.3, -0.25) is 29.6 Å². The lowest BCUT2D eigenvalue weighted by atomic mass is 9.59. The molecule has 508 valence electrons. The van der Waals surface area contributed by atoms with Gasteiger partial charge < -0.3 is 53.8 Å². The van der Waals surface area contributed by atoms with Crippen molar-refractivity contribution < 1.29 is 60.1 Å². The first kappa shape index (κ1) is 64.8. The molecule has 1 amide bonds. The number of methoxy groups -OCH3 is 1. The van der Waals surface area contributed by atoms with Gasteiger partial charge in [0.25, 0.3) is 21.6 Å². The smallest absolute Gasteiger partial charge is 0.493 e. The van der Waals surface area contributed by atoms with Gasteiger partial charge in [0.15, 0.2) is 11.6 Å². The largest absolute Gasteiger partial charge is 0.573 e. The van der Waals surface area contributed by atoms with E-state index in [1.807, 2.05) is 35.4 Å². The minimum atomic E-state index is -4.86.